The fourth-order valence-corrected chi connectivity index (χ4v) is 5.26. The molecule has 0 radical (unpaired) electrons. The van der Waals surface area contributed by atoms with Crippen LogP contribution in [0.3, 0.4) is 0 Å². The Morgan fingerprint density at radius 3 is 2.25 bits per heavy atom. The minimum Gasteiger partial charge on any atom is -0.305 e. The van der Waals surface area contributed by atoms with E-state index in [2.05, 4.69) is 36.1 Å². The molecule has 0 spiro atoms. The van der Waals surface area contributed by atoms with Crippen LogP contribution >= 0.6 is 0 Å². The molecular formula is C27H25N5. The zero-order valence-corrected chi connectivity index (χ0v) is 18.1. The third kappa shape index (κ3) is 3.40. The third-order valence-electron chi connectivity index (χ3n) is 6.78. The van der Waals surface area contributed by atoms with E-state index in [1.54, 1.807) is 0 Å². The molecule has 3 atom stereocenters. The largest absolute Gasteiger partial charge is 0.305 e. The first-order chi connectivity index (χ1) is 15.6. The lowest BCUT2D eigenvalue weighted by Gasteiger charge is -2.47. The summed E-state index contributed by atoms with van der Waals surface area (Å²) < 4.78 is 0. The van der Waals surface area contributed by atoms with Crippen LogP contribution in [0.2, 0.25) is 0 Å². The summed E-state index contributed by atoms with van der Waals surface area (Å²) in [6, 6.07) is 24.6. The summed E-state index contributed by atoms with van der Waals surface area (Å²) in [5.74, 6) is -1.47. The third-order valence-corrected chi connectivity index (χ3v) is 6.78. The summed E-state index contributed by atoms with van der Waals surface area (Å²) in [5, 5.41) is 39.0. The fourth-order valence-electron chi connectivity index (χ4n) is 5.26. The minimum atomic E-state index is -1.66. The number of hydrogen-bond acceptors (Lipinski definition) is 5. The Balaban J connectivity index is 1.83. The van der Waals surface area contributed by atoms with Crippen molar-refractivity contribution in [2.45, 2.75) is 19.3 Å². The molecule has 2 aromatic rings. The maximum atomic E-state index is 10.2. The quantitative estimate of drug-likeness (QED) is 0.712. The van der Waals surface area contributed by atoms with Crippen molar-refractivity contribution in [1.82, 2.24) is 4.90 Å². The first-order valence-corrected chi connectivity index (χ1v) is 11.0. The van der Waals surface area contributed by atoms with Gasteiger partial charge in [-0.3, -0.25) is 4.90 Å². The Kier molecular flexibility index (Phi) is 5.91. The number of nitrogens with zero attached hydrogens (tertiary/aromatic N) is 4. The van der Waals surface area contributed by atoms with E-state index in [-0.39, 0.29) is 11.6 Å². The Bertz CT molecular complexity index is 1140. The highest BCUT2D eigenvalue weighted by Crippen LogP contribution is 2.53. The standard InChI is InChI=1S/C27H25N5/c1-2-13-32-14-12-22-23(15-28)26(31)27(17-29,18-30)25(24(22)16-32)21-10-8-20(9-11-21)19-6-4-3-5-7-19/h3-12,23-25,31H,2,13-14,16H2,1H3/t23?,24-,25-/m1/s1. The average molecular weight is 420 g/mol. The van der Waals surface area contributed by atoms with Crippen molar-refractivity contribution in [3.63, 3.8) is 0 Å². The Labute approximate surface area is 189 Å². The van der Waals surface area contributed by atoms with E-state index in [9.17, 15) is 15.8 Å². The lowest BCUT2D eigenvalue weighted by atomic mass is 9.54. The summed E-state index contributed by atoms with van der Waals surface area (Å²) in [5.41, 5.74) is 2.16. The van der Waals surface area contributed by atoms with E-state index < -0.39 is 17.3 Å². The molecule has 0 amide bonds. The molecule has 1 saturated carbocycles. The van der Waals surface area contributed by atoms with Crippen LogP contribution in [0.1, 0.15) is 24.8 Å². The van der Waals surface area contributed by atoms with Gasteiger partial charge in [-0.15, -0.1) is 0 Å². The van der Waals surface area contributed by atoms with Crippen molar-refractivity contribution in [2.75, 3.05) is 19.6 Å². The number of hydrogen-bond donors (Lipinski definition) is 1. The van der Waals surface area contributed by atoms with Crippen LogP contribution in [0, 0.1) is 56.7 Å². The Morgan fingerprint density at radius 2 is 1.66 bits per heavy atom. The molecule has 1 N–H and O–H groups in total. The highest BCUT2D eigenvalue weighted by Gasteiger charge is 2.57. The van der Waals surface area contributed by atoms with E-state index in [4.69, 9.17) is 5.41 Å². The van der Waals surface area contributed by atoms with Gasteiger partial charge in [0.05, 0.1) is 23.9 Å². The molecule has 1 unspecified atom stereocenters. The highest BCUT2D eigenvalue weighted by atomic mass is 15.1. The summed E-state index contributed by atoms with van der Waals surface area (Å²) in [6.45, 7) is 4.46. The second-order valence-electron chi connectivity index (χ2n) is 8.54. The first kappa shape index (κ1) is 21.5. The van der Waals surface area contributed by atoms with Gasteiger partial charge < -0.3 is 5.41 Å². The summed E-state index contributed by atoms with van der Waals surface area (Å²) in [7, 11) is 0. The SMILES string of the molecule is CCCN1CC=C2C(C#N)C(=N)C(C#N)(C#N)[C@H](c3ccc(-c4ccccc4)cc3)[C@@H]2C1. The number of benzene rings is 2. The minimum absolute atomic E-state index is 0.0893. The number of nitriles is 3. The van der Waals surface area contributed by atoms with Crippen LogP contribution in [0.4, 0.5) is 0 Å². The molecule has 5 nitrogen and oxygen atoms in total. The van der Waals surface area contributed by atoms with Crippen molar-refractivity contribution in [3.8, 4) is 29.3 Å². The molecule has 1 heterocycles. The fraction of sp³-hybridized carbons (Fsp3) is 0.333. The van der Waals surface area contributed by atoms with Crippen molar-refractivity contribution < 1.29 is 0 Å². The van der Waals surface area contributed by atoms with E-state index in [0.29, 0.717) is 6.54 Å². The van der Waals surface area contributed by atoms with Crippen LogP contribution < -0.4 is 0 Å². The predicted molar refractivity (Wildman–Crippen MR) is 123 cm³/mol. The van der Waals surface area contributed by atoms with Gasteiger partial charge in [-0.05, 0) is 35.2 Å². The Hall–Kier alpha value is -3.72. The van der Waals surface area contributed by atoms with Gasteiger partial charge >= 0.3 is 0 Å². The molecule has 5 heteroatoms. The molecule has 0 bridgehead atoms. The highest BCUT2D eigenvalue weighted by molar-refractivity contribution is 6.00. The molecule has 1 aliphatic carbocycles. The number of nitrogens with one attached hydrogen (secondary N) is 1. The van der Waals surface area contributed by atoms with Gasteiger partial charge in [0.25, 0.3) is 0 Å². The van der Waals surface area contributed by atoms with Crippen molar-refractivity contribution in [2.24, 2.45) is 17.3 Å². The van der Waals surface area contributed by atoms with Gasteiger partial charge in [-0.1, -0.05) is 67.6 Å². The summed E-state index contributed by atoms with van der Waals surface area (Å²) in [6.07, 6.45) is 3.06. The van der Waals surface area contributed by atoms with Crippen molar-refractivity contribution >= 4 is 5.71 Å². The lowest BCUT2D eigenvalue weighted by Crippen LogP contribution is -2.52. The van der Waals surface area contributed by atoms with Crippen LogP contribution in [0.15, 0.2) is 66.2 Å². The Morgan fingerprint density at radius 1 is 1.00 bits per heavy atom. The van der Waals surface area contributed by atoms with Crippen molar-refractivity contribution in [3.05, 3.63) is 71.8 Å². The lowest BCUT2D eigenvalue weighted by molar-refractivity contribution is 0.204. The van der Waals surface area contributed by atoms with E-state index in [1.165, 1.54) is 0 Å². The smallest absolute Gasteiger partial charge is 0.189 e. The zero-order chi connectivity index (χ0) is 22.7. The maximum Gasteiger partial charge on any atom is 0.189 e. The van der Waals surface area contributed by atoms with Gasteiger partial charge in [0.1, 0.15) is 5.92 Å². The van der Waals surface area contributed by atoms with Crippen LogP contribution in [-0.4, -0.2) is 30.2 Å². The van der Waals surface area contributed by atoms with E-state index >= 15 is 0 Å². The van der Waals surface area contributed by atoms with E-state index in [0.717, 1.165) is 41.8 Å². The predicted octanol–water partition coefficient (Wildman–Crippen LogP) is 4.91. The molecule has 4 rings (SSSR count). The number of rotatable bonds is 4. The summed E-state index contributed by atoms with van der Waals surface area (Å²) >= 11 is 0. The van der Waals surface area contributed by atoms with Gasteiger partial charge in [-0.2, -0.15) is 15.8 Å². The van der Waals surface area contributed by atoms with Crippen LogP contribution in [-0.2, 0) is 0 Å². The second-order valence-corrected chi connectivity index (χ2v) is 8.54. The van der Waals surface area contributed by atoms with Gasteiger partial charge in [0, 0.05) is 24.9 Å². The van der Waals surface area contributed by atoms with Crippen molar-refractivity contribution in [1.29, 1.82) is 21.2 Å². The molecule has 0 aromatic heterocycles. The molecule has 0 saturated heterocycles. The average Bonchev–Trinajstić information content (AvgIpc) is 2.84. The molecule has 32 heavy (non-hydrogen) atoms. The topological polar surface area (TPSA) is 98.5 Å². The van der Waals surface area contributed by atoms with Gasteiger partial charge in [-0.25, -0.2) is 0 Å². The molecular weight excluding hydrogens is 394 g/mol. The van der Waals surface area contributed by atoms with Gasteiger partial charge in [0.15, 0.2) is 5.41 Å². The summed E-state index contributed by atoms with van der Waals surface area (Å²) in [4.78, 5) is 2.31. The maximum absolute atomic E-state index is 10.2. The van der Waals surface area contributed by atoms with E-state index in [1.807, 2.05) is 54.6 Å². The molecule has 158 valence electrons. The second kappa shape index (κ2) is 8.80. The monoisotopic (exact) mass is 419 g/mol. The zero-order valence-electron chi connectivity index (χ0n) is 18.1. The first-order valence-electron chi connectivity index (χ1n) is 11.0. The molecule has 1 fully saturated rings. The van der Waals surface area contributed by atoms with Crippen LogP contribution in [0.5, 0.6) is 0 Å². The van der Waals surface area contributed by atoms with Crippen LogP contribution in [0.25, 0.3) is 11.1 Å². The normalized spacial score (nSPS) is 24.4. The number of fused-ring (bicyclic) bond motifs is 1. The molecule has 2 aromatic carbocycles. The molecule has 1 aliphatic heterocycles. The van der Waals surface area contributed by atoms with Gasteiger partial charge in [0.2, 0.25) is 0 Å². The molecule has 2 aliphatic rings.